The van der Waals surface area contributed by atoms with Crippen LogP contribution in [0.2, 0.25) is 5.02 Å². The zero-order chi connectivity index (χ0) is 14.1. The van der Waals surface area contributed by atoms with Crippen molar-refractivity contribution in [3.05, 3.63) is 35.5 Å². The van der Waals surface area contributed by atoms with Crippen LogP contribution >= 0.6 is 11.6 Å². The Hall–Kier alpha value is -2.34. The van der Waals surface area contributed by atoms with Gasteiger partial charge in [0.25, 0.3) is 0 Å². The Morgan fingerprint density at radius 1 is 1.40 bits per heavy atom. The van der Waals surface area contributed by atoms with Gasteiger partial charge in [-0.1, -0.05) is 23.7 Å². The van der Waals surface area contributed by atoms with Gasteiger partial charge in [-0.25, -0.2) is 4.98 Å². The van der Waals surface area contributed by atoms with Crippen LogP contribution < -0.4 is 15.5 Å². The van der Waals surface area contributed by atoms with E-state index in [0.717, 1.165) is 11.4 Å². The molecule has 0 bridgehead atoms. The molecule has 1 aliphatic heterocycles. The van der Waals surface area contributed by atoms with E-state index in [1.807, 2.05) is 24.3 Å². The molecule has 0 unspecified atom stereocenters. The van der Waals surface area contributed by atoms with Crippen LogP contribution in [0, 0.1) is 0 Å². The monoisotopic (exact) mass is 289 g/mol. The van der Waals surface area contributed by atoms with Gasteiger partial charge in [-0.3, -0.25) is 4.79 Å². The minimum absolute atomic E-state index is 0.107. The van der Waals surface area contributed by atoms with E-state index in [-0.39, 0.29) is 12.5 Å². The number of fused-ring (bicyclic) bond motifs is 1. The van der Waals surface area contributed by atoms with Crippen LogP contribution in [-0.4, -0.2) is 29.5 Å². The third-order valence-electron chi connectivity index (χ3n) is 2.98. The third kappa shape index (κ3) is 2.14. The number of halogens is 1. The first-order chi connectivity index (χ1) is 9.69. The summed E-state index contributed by atoms with van der Waals surface area (Å²) in [7, 11) is 1.73. The van der Waals surface area contributed by atoms with Gasteiger partial charge in [0.15, 0.2) is 5.82 Å². The molecule has 0 saturated carbocycles. The Morgan fingerprint density at radius 2 is 2.20 bits per heavy atom. The molecular formula is C13H12ClN5O. The van der Waals surface area contributed by atoms with Crippen molar-refractivity contribution in [1.29, 1.82) is 0 Å². The highest BCUT2D eigenvalue weighted by Gasteiger charge is 2.25. The fourth-order valence-electron chi connectivity index (χ4n) is 2.09. The van der Waals surface area contributed by atoms with Gasteiger partial charge in [-0.2, -0.15) is 4.98 Å². The number of aromatic nitrogens is 2. The maximum Gasteiger partial charge on any atom is 0.244 e. The van der Waals surface area contributed by atoms with Crippen LogP contribution in [-0.2, 0) is 4.79 Å². The number of nitrogens with zero attached hydrogens (tertiary/aromatic N) is 3. The SMILES string of the molecule is CNc1ncc(Cl)c(N2CC(=O)Nc3ccccc32)n1. The molecule has 1 aromatic heterocycles. The molecule has 6 nitrogen and oxygen atoms in total. The summed E-state index contributed by atoms with van der Waals surface area (Å²) >= 11 is 6.17. The van der Waals surface area contributed by atoms with Crippen molar-refractivity contribution in [2.75, 3.05) is 29.1 Å². The van der Waals surface area contributed by atoms with Crippen molar-refractivity contribution in [3.8, 4) is 0 Å². The Balaban J connectivity index is 2.12. The van der Waals surface area contributed by atoms with E-state index in [1.165, 1.54) is 6.20 Å². The van der Waals surface area contributed by atoms with Crippen molar-refractivity contribution in [3.63, 3.8) is 0 Å². The largest absolute Gasteiger partial charge is 0.357 e. The molecule has 0 saturated heterocycles. The second-order valence-electron chi connectivity index (χ2n) is 4.27. The number of amides is 1. The summed E-state index contributed by atoms with van der Waals surface area (Å²) in [6, 6.07) is 7.51. The van der Waals surface area contributed by atoms with Crippen LogP contribution in [0.4, 0.5) is 23.1 Å². The molecule has 2 heterocycles. The maximum absolute atomic E-state index is 11.8. The van der Waals surface area contributed by atoms with Crippen molar-refractivity contribution in [2.24, 2.45) is 0 Å². The van der Waals surface area contributed by atoms with Crippen LogP contribution in [0.15, 0.2) is 30.5 Å². The maximum atomic E-state index is 11.8. The number of benzene rings is 1. The summed E-state index contributed by atoms with van der Waals surface area (Å²) < 4.78 is 0. The molecule has 2 aromatic rings. The highest BCUT2D eigenvalue weighted by Crippen LogP contribution is 2.36. The molecule has 0 atom stereocenters. The quantitative estimate of drug-likeness (QED) is 0.887. The molecule has 1 aromatic carbocycles. The van der Waals surface area contributed by atoms with Crippen LogP contribution in [0.25, 0.3) is 0 Å². The molecule has 0 radical (unpaired) electrons. The fourth-order valence-corrected chi connectivity index (χ4v) is 2.28. The summed E-state index contributed by atoms with van der Waals surface area (Å²) in [4.78, 5) is 22.0. The summed E-state index contributed by atoms with van der Waals surface area (Å²) in [5.74, 6) is 0.852. The van der Waals surface area contributed by atoms with Crippen molar-refractivity contribution in [1.82, 2.24) is 9.97 Å². The van der Waals surface area contributed by atoms with Gasteiger partial charge in [-0.15, -0.1) is 0 Å². The molecule has 0 fully saturated rings. The van der Waals surface area contributed by atoms with Gasteiger partial charge in [0, 0.05) is 7.05 Å². The second kappa shape index (κ2) is 4.97. The summed E-state index contributed by atoms with van der Waals surface area (Å²) in [6.07, 6.45) is 1.52. The normalized spacial score (nSPS) is 13.7. The van der Waals surface area contributed by atoms with E-state index in [0.29, 0.717) is 16.8 Å². The predicted molar refractivity (Wildman–Crippen MR) is 78.7 cm³/mol. The van der Waals surface area contributed by atoms with E-state index in [2.05, 4.69) is 20.6 Å². The van der Waals surface area contributed by atoms with Gasteiger partial charge in [0.2, 0.25) is 11.9 Å². The average molecular weight is 290 g/mol. The topological polar surface area (TPSA) is 70.2 Å². The second-order valence-corrected chi connectivity index (χ2v) is 4.67. The molecule has 0 aliphatic carbocycles. The molecule has 1 aliphatic rings. The van der Waals surface area contributed by atoms with Crippen molar-refractivity contribution < 1.29 is 4.79 Å². The van der Waals surface area contributed by atoms with Crippen molar-refractivity contribution >= 4 is 40.6 Å². The number of hydrogen-bond acceptors (Lipinski definition) is 5. The predicted octanol–water partition coefficient (Wildman–Crippen LogP) is 2.26. The lowest BCUT2D eigenvalue weighted by Gasteiger charge is -2.30. The molecule has 102 valence electrons. The number of carbonyl (C=O) groups excluding carboxylic acids is 1. The lowest BCUT2D eigenvalue weighted by molar-refractivity contribution is -0.115. The van der Waals surface area contributed by atoms with Crippen LogP contribution in [0.5, 0.6) is 0 Å². The molecular weight excluding hydrogens is 278 g/mol. The van der Waals surface area contributed by atoms with E-state index in [1.54, 1.807) is 11.9 Å². The Bertz CT molecular complexity index is 676. The summed E-state index contributed by atoms with van der Waals surface area (Å²) in [5, 5.41) is 6.08. The standard InChI is InChI=1S/C13H12ClN5O/c1-15-13-16-6-8(14)12(18-13)19-7-11(20)17-9-4-2-3-5-10(9)19/h2-6H,7H2,1H3,(H,17,20)(H,15,16,18). The van der Waals surface area contributed by atoms with Gasteiger partial charge in [0.1, 0.15) is 11.6 Å². The molecule has 20 heavy (non-hydrogen) atoms. The molecule has 0 spiro atoms. The molecule has 3 rings (SSSR count). The molecule has 1 amide bonds. The van der Waals surface area contributed by atoms with E-state index < -0.39 is 0 Å². The first-order valence-corrected chi connectivity index (χ1v) is 6.43. The number of nitrogens with one attached hydrogen (secondary N) is 2. The minimum Gasteiger partial charge on any atom is -0.357 e. The third-order valence-corrected chi connectivity index (χ3v) is 3.24. The Morgan fingerprint density at radius 3 is 3.00 bits per heavy atom. The van der Waals surface area contributed by atoms with E-state index >= 15 is 0 Å². The number of rotatable bonds is 2. The Kier molecular flexibility index (Phi) is 3.15. The van der Waals surface area contributed by atoms with Crippen LogP contribution in [0.1, 0.15) is 0 Å². The molecule has 7 heteroatoms. The van der Waals surface area contributed by atoms with Gasteiger partial charge in [0.05, 0.1) is 17.6 Å². The number of anilines is 4. The fraction of sp³-hybridized carbons (Fsp3) is 0.154. The smallest absolute Gasteiger partial charge is 0.244 e. The van der Waals surface area contributed by atoms with E-state index in [9.17, 15) is 4.79 Å². The summed E-state index contributed by atoms with van der Waals surface area (Å²) in [6.45, 7) is 0.164. The van der Waals surface area contributed by atoms with E-state index in [4.69, 9.17) is 11.6 Å². The van der Waals surface area contributed by atoms with Crippen LogP contribution in [0.3, 0.4) is 0 Å². The molecule has 2 N–H and O–H groups in total. The minimum atomic E-state index is -0.107. The first-order valence-electron chi connectivity index (χ1n) is 6.06. The number of hydrogen-bond donors (Lipinski definition) is 2. The van der Waals surface area contributed by atoms with Gasteiger partial charge >= 0.3 is 0 Å². The number of para-hydroxylation sites is 2. The summed E-state index contributed by atoms with van der Waals surface area (Å²) in [5.41, 5.74) is 1.60. The zero-order valence-corrected chi connectivity index (χ0v) is 11.5. The highest BCUT2D eigenvalue weighted by molar-refractivity contribution is 6.33. The lowest BCUT2D eigenvalue weighted by Crippen LogP contribution is -2.35. The van der Waals surface area contributed by atoms with Gasteiger partial charge < -0.3 is 15.5 Å². The average Bonchev–Trinajstić information content (AvgIpc) is 2.47. The Labute approximate surface area is 120 Å². The first kappa shape index (κ1) is 12.7. The van der Waals surface area contributed by atoms with Crippen molar-refractivity contribution in [2.45, 2.75) is 0 Å². The number of carbonyl (C=O) groups is 1. The highest BCUT2D eigenvalue weighted by atomic mass is 35.5. The zero-order valence-electron chi connectivity index (χ0n) is 10.7. The van der Waals surface area contributed by atoms with Gasteiger partial charge in [-0.05, 0) is 12.1 Å². The lowest BCUT2D eigenvalue weighted by atomic mass is 10.2.